The third-order valence-corrected chi connectivity index (χ3v) is 4.14. The zero-order chi connectivity index (χ0) is 17.2. The lowest BCUT2D eigenvalue weighted by atomic mass is 10.2. The van der Waals surface area contributed by atoms with E-state index in [-0.39, 0.29) is 23.7 Å². The monoisotopic (exact) mass is 343 g/mol. The minimum Gasteiger partial charge on any atom is -0.467 e. The van der Waals surface area contributed by atoms with Crippen LogP contribution in [0, 0.1) is 0 Å². The third-order valence-electron chi connectivity index (χ3n) is 4.14. The summed E-state index contributed by atoms with van der Waals surface area (Å²) in [6.45, 7) is 1.41. The average Bonchev–Trinajstić information content (AvgIpc) is 3.30. The van der Waals surface area contributed by atoms with E-state index in [4.69, 9.17) is 9.15 Å². The molecule has 0 amide bonds. The van der Waals surface area contributed by atoms with Crippen molar-refractivity contribution >= 4 is 17.0 Å². The number of rotatable bonds is 5. The van der Waals surface area contributed by atoms with Crippen LogP contribution in [0.2, 0.25) is 0 Å². The Balaban J connectivity index is 1.62. The molecule has 9 nitrogen and oxygen atoms in total. The Labute approximate surface area is 141 Å². The van der Waals surface area contributed by atoms with Crippen molar-refractivity contribution in [3.05, 3.63) is 51.2 Å². The van der Waals surface area contributed by atoms with Crippen molar-refractivity contribution in [2.45, 2.75) is 25.5 Å². The van der Waals surface area contributed by atoms with Crippen LogP contribution >= 0.6 is 0 Å². The Hall–Kier alpha value is -2.94. The molecule has 0 bridgehead atoms. The molecule has 1 aliphatic heterocycles. The molecule has 4 heterocycles. The summed E-state index contributed by atoms with van der Waals surface area (Å²) in [5.74, 6) is 0.865. The maximum absolute atomic E-state index is 12.5. The maximum Gasteiger partial charge on any atom is 0.330 e. The van der Waals surface area contributed by atoms with Gasteiger partial charge in [0.25, 0.3) is 5.56 Å². The van der Waals surface area contributed by atoms with Crippen molar-refractivity contribution in [2.24, 2.45) is 0 Å². The molecule has 0 saturated carbocycles. The van der Waals surface area contributed by atoms with E-state index >= 15 is 0 Å². The van der Waals surface area contributed by atoms with Gasteiger partial charge in [-0.15, -0.1) is 0 Å². The van der Waals surface area contributed by atoms with E-state index in [0.717, 1.165) is 24.0 Å². The summed E-state index contributed by atoms with van der Waals surface area (Å²) in [7, 11) is 0. The molecule has 0 aromatic carbocycles. The summed E-state index contributed by atoms with van der Waals surface area (Å²) < 4.78 is 11.8. The lowest BCUT2D eigenvalue weighted by molar-refractivity contribution is 0.120. The van der Waals surface area contributed by atoms with Crippen LogP contribution in [0.4, 0.5) is 5.95 Å². The fourth-order valence-electron chi connectivity index (χ4n) is 2.84. The molecule has 9 heteroatoms. The first-order chi connectivity index (χ1) is 12.2. The number of aromatic nitrogens is 4. The molecular weight excluding hydrogens is 326 g/mol. The topological polar surface area (TPSA) is 115 Å². The summed E-state index contributed by atoms with van der Waals surface area (Å²) in [5.41, 5.74) is -0.797. The number of nitrogens with one attached hydrogen (secondary N) is 2. The van der Waals surface area contributed by atoms with Gasteiger partial charge in [0.15, 0.2) is 5.65 Å². The number of hydrogen-bond acceptors (Lipinski definition) is 7. The van der Waals surface area contributed by atoms with E-state index in [2.05, 4.69) is 20.3 Å². The fraction of sp³-hybridized carbons (Fsp3) is 0.375. The van der Waals surface area contributed by atoms with E-state index < -0.39 is 11.2 Å². The van der Waals surface area contributed by atoms with Crippen molar-refractivity contribution in [2.75, 3.05) is 18.5 Å². The lowest BCUT2D eigenvalue weighted by Crippen LogP contribution is -2.35. The SMILES string of the molecule is O=c1[nH]c2nc(NC[C@@H]3CCCO3)ncc2c(=O)n1Cc1ccco1. The molecule has 4 rings (SSSR count). The summed E-state index contributed by atoms with van der Waals surface area (Å²) in [6, 6.07) is 3.40. The highest BCUT2D eigenvalue weighted by Gasteiger charge is 2.16. The second-order valence-electron chi connectivity index (χ2n) is 5.87. The van der Waals surface area contributed by atoms with Gasteiger partial charge in [0.1, 0.15) is 11.1 Å². The van der Waals surface area contributed by atoms with E-state index in [1.54, 1.807) is 12.1 Å². The van der Waals surface area contributed by atoms with Gasteiger partial charge in [0, 0.05) is 19.3 Å². The van der Waals surface area contributed by atoms with Crippen molar-refractivity contribution in [3.8, 4) is 0 Å². The zero-order valence-electron chi connectivity index (χ0n) is 13.4. The highest BCUT2D eigenvalue weighted by atomic mass is 16.5. The van der Waals surface area contributed by atoms with Gasteiger partial charge in [-0.1, -0.05) is 0 Å². The predicted octanol–water partition coefficient (Wildman–Crippen LogP) is 0.712. The smallest absolute Gasteiger partial charge is 0.330 e. The molecule has 3 aromatic rings. The second kappa shape index (κ2) is 6.52. The number of anilines is 1. The van der Waals surface area contributed by atoms with Crippen molar-refractivity contribution in [1.29, 1.82) is 0 Å². The van der Waals surface area contributed by atoms with Crippen molar-refractivity contribution in [3.63, 3.8) is 0 Å². The fourth-order valence-corrected chi connectivity index (χ4v) is 2.84. The van der Waals surface area contributed by atoms with E-state index in [1.807, 2.05) is 0 Å². The molecule has 1 saturated heterocycles. The normalized spacial score (nSPS) is 17.2. The van der Waals surface area contributed by atoms with Gasteiger partial charge >= 0.3 is 5.69 Å². The van der Waals surface area contributed by atoms with E-state index in [9.17, 15) is 9.59 Å². The molecule has 3 aromatic heterocycles. The minimum atomic E-state index is -0.544. The number of fused-ring (bicyclic) bond motifs is 1. The summed E-state index contributed by atoms with van der Waals surface area (Å²) >= 11 is 0. The number of nitrogens with zero attached hydrogens (tertiary/aromatic N) is 3. The van der Waals surface area contributed by atoms with Crippen LogP contribution in [0.15, 0.2) is 38.6 Å². The van der Waals surface area contributed by atoms with Gasteiger partial charge in [0.2, 0.25) is 5.95 Å². The summed E-state index contributed by atoms with van der Waals surface area (Å²) in [5, 5.41) is 3.32. The summed E-state index contributed by atoms with van der Waals surface area (Å²) in [6.07, 6.45) is 5.09. The molecule has 130 valence electrons. The van der Waals surface area contributed by atoms with Gasteiger partial charge in [-0.2, -0.15) is 4.98 Å². The first-order valence-electron chi connectivity index (χ1n) is 8.08. The molecule has 0 spiro atoms. The van der Waals surface area contributed by atoms with Crippen LogP contribution in [0.25, 0.3) is 11.0 Å². The summed E-state index contributed by atoms with van der Waals surface area (Å²) in [4.78, 5) is 35.8. The number of ether oxygens (including phenoxy) is 1. The van der Waals surface area contributed by atoms with Crippen LogP contribution in [-0.4, -0.2) is 38.8 Å². The van der Waals surface area contributed by atoms with Gasteiger partial charge in [-0.3, -0.25) is 14.3 Å². The Kier molecular flexibility index (Phi) is 4.06. The molecule has 0 unspecified atom stereocenters. The highest BCUT2D eigenvalue weighted by molar-refractivity contribution is 5.73. The molecule has 2 N–H and O–H groups in total. The Morgan fingerprint density at radius 3 is 3.08 bits per heavy atom. The molecule has 1 atom stereocenters. The highest BCUT2D eigenvalue weighted by Crippen LogP contribution is 2.12. The third kappa shape index (κ3) is 3.18. The van der Waals surface area contributed by atoms with E-state index in [1.165, 1.54) is 12.5 Å². The van der Waals surface area contributed by atoms with Gasteiger partial charge in [-0.05, 0) is 25.0 Å². The Bertz CT molecular complexity index is 986. The molecule has 0 radical (unpaired) electrons. The van der Waals surface area contributed by atoms with Crippen LogP contribution in [0.3, 0.4) is 0 Å². The Morgan fingerprint density at radius 2 is 2.32 bits per heavy atom. The number of furan rings is 1. The average molecular weight is 343 g/mol. The van der Waals surface area contributed by atoms with Crippen molar-refractivity contribution < 1.29 is 9.15 Å². The number of H-pyrrole nitrogens is 1. The Morgan fingerprint density at radius 1 is 1.40 bits per heavy atom. The zero-order valence-corrected chi connectivity index (χ0v) is 13.4. The van der Waals surface area contributed by atoms with Crippen molar-refractivity contribution in [1.82, 2.24) is 19.5 Å². The standard InChI is InChI=1S/C16H17N5O4/c22-14-12-8-18-15(17-7-10-3-1-5-24-10)19-13(12)20-16(23)21(14)9-11-4-2-6-25-11/h2,4,6,8,10H,1,3,5,7,9H2,(H2,17,18,19,20,23)/t10-/m0/s1. The van der Waals surface area contributed by atoms with Crippen LogP contribution in [0.5, 0.6) is 0 Å². The predicted molar refractivity (Wildman–Crippen MR) is 89.7 cm³/mol. The second-order valence-corrected chi connectivity index (χ2v) is 5.87. The molecule has 1 fully saturated rings. The van der Waals surface area contributed by atoms with Gasteiger partial charge in [-0.25, -0.2) is 9.78 Å². The maximum atomic E-state index is 12.5. The molecule has 25 heavy (non-hydrogen) atoms. The van der Waals surface area contributed by atoms with Crippen LogP contribution in [-0.2, 0) is 11.3 Å². The van der Waals surface area contributed by atoms with Gasteiger partial charge < -0.3 is 14.5 Å². The quantitative estimate of drug-likeness (QED) is 0.701. The first-order valence-corrected chi connectivity index (χ1v) is 8.08. The van der Waals surface area contributed by atoms with E-state index in [0.29, 0.717) is 18.3 Å². The van der Waals surface area contributed by atoms with Crippen LogP contribution < -0.4 is 16.6 Å². The molecular formula is C16H17N5O4. The van der Waals surface area contributed by atoms with Crippen LogP contribution in [0.1, 0.15) is 18.6 Å². The first kappa shape index (κ1) is 15.6. The largest absolute Gasteiger partial charge is 0.467 e. The molecule has 1 aliphatic rings. The minimum absolute atomic E-state index is 0.0517. The van der Waals surface area contributed by atoms with Gasteiger partial charge in [0.05, 0.1) is 18.9 Å². The lowest BCUT2D eigenvalue weighted by Gasteiger charge is -2.11. The molecule has 0 aliphatic carbocycles. The number of hydrogen-bond donors (Lipinski definition) is 2. The number of aromatic amines is 1.